The van der Waals surface area contributed by atoms with Gasteiger partial charge in [-0.1, -0.05) is 30.3 Å². The number of amides is 2. The summed E-state index contributed by atoms with van der Waals surface area (Å²) in [5.74, 6) is 0.642. The molecule has 0 spiro atoms. The van der Waals surface area contributed by atoms with Crippen LogP contribution in [0.25, 0.3) is 0 Å². The van der Waals surface area contributed by atoms with Crippen LogP contribution in [-0.4, -0.2) is 18.9 Å². The lowest BCUT2D eigenvalue weighted by atomic mass is 10.2. The van der Waals surface area contributed by atoms with E-state index in [-0.39, 0.29) is 6.54 Å². The van der Waals surface area contributed by atoms with Gasteiger partial charge >= 0.3 is 11.8 Å². The Kier molecular flexibility index (Phi) is 6.25. The summed E-state index contributed by atoms with van der Waals surface area (Å²) in [7, 11) is 1.58. The van der Waals surface area contributed by atoms with E-state index in [1.807, 2.05) is 42.5 Å². The van der Waals surface area contributed by atoms with Gasteiger partial charge in [-0.2, -0.15) is 0 Å². The first-order chi connectivity index (χ1) is 13.6. The number of carbonyl (C=O) groups is 2. The minimum atomic E-state index is -0.731. The van der Waals surface area contributed by atoms with Gasteiger partial charge in [-0.15, -0.1) is 0 Å². The number of ether oxygens (including phenoxy) is 2. The lowest BCUT2D eigenvalue weighted by Gasteiger charge is -2.09. The summed E-state index contributed by atoms with van der Waals surface area (Å²) in [4.78, 5) is 24.0. The second-order valence-electron chi connectivity index (χ2n) is 5.92. The highest BCUT2D eigenvalue weighted by molar-refractivity contribution is 6.39. The number of benzene rings is 3. The van der Waals surface area contributed by atoms with E-state index in [0.29, 0.717) is 11.4 Å². The van der Waals surface area contributed by atoms with E-state index < -0.39 is 11.8 Å². The average Bonchev–Trinajstić information content (AvgIpc) is 2.74. The zero-order chi connectivity index (χ0) is 19.8. The number of rotatable bonds is 6. The molecular weight excluding hydrogens is 356 g/mol. The quantitative estimate of drug-likeness (QED) is 0.643. The monoisotopic (exact) mass is 376 g/mol. The summed E-state index contributed by atoms with van der Waals surface area (Å²) in [5.41, 5.74) is 1.37. The van der Waals surface area contributed by atoms with Crippen molar-refractivity contribution in [1.82, 2.24) is 5.32 Å². The Morgan fingerprint density at radius 2 is 1.36 bits per heavy atom. The Bertz CT molecular complexity index is 923. The molecule has 6 heteroatoms. The van der Waals surface area contributed by atoms with Crippen molar-refractivity contribution in [2.45, 2.75) is 6.54 Å². The summed E-state index contributed by atoms with van der Waals surface area (Å²) in [6.45, 7) is 0.250. The fourth-order valence-electron chi connectivity index (χ4n) is 2.42. The smallest absolute Gasteiger partial charge is 0.313 e. The van der Waals surface area contributed by atoms with Crippen molar-refractivity contribution >= 4 is 17.5 Å². The van der Waals surface area contributed by atoms with Crippen LogP contribution in [0.1, 0.15) is 5.56 Å². The van der Waals surface area contributed by atoms with E-state index in [9.17, 15) is 9.59 Å². The molecule has 2 amide bonds. The van der Waals surface area contributed by atoms with Crippen LogP contribution < -0.4 is 20.1 Å². The molecule has 28 heavy (non-hydrogen) atoms. The zero-order valence-corrected chi connectivity index (χ0v) is 15.3. The van der Waals surface area contributed by atoms with E-state index in [0.717, 1.165) is 17.1 Å². The number of anilines is 1. The number of hydrogen-bond acceptors (Lipinski definition) is 4. The topological polar surface area (TPSA) is 76.7 Å². The van der Waals surface area contributed by atoms with E-state index in [2.05, 4.69) is 10.6 Å². The summed E-state index contributed by atoms with van der Waals surface area (Å²) in [5, 5.41) is 5.14. The number of para-hydroxylation sites is 1. The minimum Gasteiger partial charge on any atom is -0.497 e. The van der Waals surface area contributed by atoms with Gasteiger partial charge in [0.05, 0.1) is 7.11 Å². The van der Waals surface area contributed by atoms with Gasteiger partial charge in [-0.3, -0.25) is 9.59 Å². The maximum Gasteiger partial charge on any atom is 0.313 e. The first-order valence-corrected chi connectivity index (χ1v) is 8.69. The molecule has 0 saturated heterocycles. The van der Waals surface area contributed by atoms with Gasteiger partial charge in [0.1, 0.15) is 17.2 Å². The summed E-state index contributed by atoms with van der Waals surface area (Å²) in [6, 6.07) is 23.4. The van der Waals surface area contributed by atoms with Gasteiger partial charge in [-0.25, -0.2) is 0 Å². The molecule has 142 valence electrons. The van der Waals surface area contributed by atoms with Crippen molar-refractivity contribution in [3.63, 3.8) is 0 Å². The highest BCUT2D eigenvalue weighted by Crippen LogP contribution is 2.22. The SMILES string of the molecule is COc1ccc(CNC(=O)C(=O)Nc2ccc(Oc3ccccc3)cc2)cc1. The largest absolute Gasteiger partial charge is 0.497 e. The van der Waals surface area contributed by atoms with E-state index >= 15 is 0 Å². The van der Waals surface area contributed by atoms with Crippen LogP contribution >= 0.6 is 0 Å². The van der Waals surface area contributed by atoms with Crippen molar-refractivity contribution in [2.75, 3.05) is 12.4 Å². The lowest BCUT2D eigenvalue weighted by Crippen LogP contribution is -2.34. The molecule has 2 N–H and O–H groups in total. The molecule has 0 saturated carbocycles. The van der Waals surface area contributed by atoms with Crippen molar-refractivity contribution in [3.05, 3.63) is 84.4 Å². The molecule has 0 fully saturated rings. The average molecular weight is 376 g/mol. The summed E-state index contributed by atoms with van der Waals surface area (Å²) < 4.78 is 10.8. The number of methoxy groups -OCH3 is 1. The molecule has 0 atom stereocenters. The van der Waals surface area contributed by atoms with Crippen molar-refractivity contribution < 1.29 is 19.1 Å². The van der Waals surface area contributed by atoms with Crippen molar-refractivity contribution in [3.8, 4) is 17.2 Å². The first-order valence-electron chi connectivity index (χ1n) is 8.69. The lowest BCUT2D eigenvalue weighted by molar-refractivity contribution is -0.136. The van der Waals surface area contributed by atoms with Crippen LogP contribution in [-0.2, 0) is 16.1 Å². The van der Waals surface area contributed by atoms with Crippen LogP contribution in [0.15, 0.2) is 78.9 Å². The summed E-state index contributed by atoms with van der Waals surface area (Å²) >= 11 is 0. The third kappa shape index (κ3) is 5.35. The molecule has 3 aromatic rings. The highest BCUT2D eigenvalue weighted by Gasteiger charge is 2.13. The van der Waals surface area contributed by atoms with E-state index in [4.69, 9.17) is 9.47 Å². The first kappa shape index (κ1) is 19.0. The third-order valence-electron chi connectivity index (χ3n) is 3.91. The molecule has 0 aliphatic rings. The van der Waals surface area contributed by atoms with Gasteiger partial charge in [0.2, 0.25) is 0 Å². The molecular formula is C22H20N2O4. The summed E-state index contributed by atoms with van der Waals surface area (Å²) in [6.07, 6.45) is 0. The Balaban J connectivity index is 1.49. The van der Waals surface area contributed by atoms with Crippen LogP contribution in [0.2, 0.25) is 0 Å². The number of carbonyl (C=O) groups excluding carboxylic acids is 2. The van der Waals surface area contributed by atoms with Crippen LogP contribution in [0.3, 0.4) is 0 Å². The molecule has 6 nitrogen and oxygen atoms in total. The fourth-order valence-corrected chi connectivity index (χ4v) is 2.42. The van der Waals surface area contributed by atoms with Crippen molar-refractivity contribution in [1.29, 1.82) is 0 Å². The minimum absolute atomic E-state index is 0.250. The Labute approximate surface area is 163 Å². The molecule has 0 aliphatic carbocycles. The second kappa shape index (κ2) is 9.23. The second-order valence-corrected chi connectivity index (χ2v) is 5.92. The predicted molar refractivity (Wildman–Crippen MR) is 106 cm³/mol. The molecule has 3 aromatic carbocycles. The van der Waals surface area contributed by atoms with Gasteiger partial charge < -0.3 is 20.1 Å². The van der Waals surface area contributed by atoms with Crippen molar-refractivity contribution in [2.24, 2.45) is 0 Å². The third-order valence-corrected chi connectivity index (χ3v) is 3.91. The van der Waals surface area contributed by atoms with E-state index in [1.165, 1.54) is 0 Å². The van der Waals surface area contributed by atoms with Gasteiger partial charge in [0, 0.05) is 12.2 Å². The predicted octanol–water partition coefficient (Wildman–Crippen LogP) is 3.74. The van der Waals surface area contributed by atoms with Gasteiger partial charge in [-0.05, 0) is 54.1 Å². The van der Waals surface area contributed by atoms with Gasteiger partial charge in [0.25, 0.3) is 0 Å². The fraction of sp³-hybridized carbons (Fsp3) is 0.0909. The van der Waals surface area contributed by atoms with Crippen LogP contribution in [0.5, 0.6) is 17.2 Å². The normalized spacial score (nSPS) is 10.0. The standard InChI is InChI=1S/C22H20N2O4/c1-27-18-11-7-16(8-12-18)15-23-21(25)22(26)24-17-9-13-20(14-10-17)28-19-5-3-2-4-6-19/h2-14H,15H2,1H3,(H,23,25)(H,24,26). The maximum absolute atomic E-state index is 12.0. The number of hydrogen-bond donors (Lipinski definition) is 2. The van der Waals surface area contributed by atoms with Gasteiger partial charge in [0.15, 0.2) is 0 Å². The number of nitrogens with one attached hydrogen (secondary N) is 2. The van der Waals surface area contributed by atoms with Crippen LogP contribution in [0.4, 0.5) is 5.69 Å². The molecule has 0 bridgehead atoms. The molecule has 0 aromatic heterocycles. The highest BCUT2D eigenvalue weighted by atomic mass is 16.5. The Hall–Kier alpha value is -3.80. The Morgan fingerprint density at radius 3 is 2.00 bits per heavy atom. The molecule has 0 radical (unpaired) electrons. The molecule has 0 aliphatic heterocycles. The molecule has 0 unspecified atom stereocenters. The molecule has 3 rings (SSSR count). The zero-order valence-electron chi connectivity index (χ0n) is 15.3. The van der Waals surface area contributed by atoms with Crippen LogP contribution in [0, 0.1) is 0 Å². The maximum atomic E-state index is 12.0. The Morgan fingerprint density at radius 1 is 0.750 bits per heavy atom. The van der Waals surface area contributed by atoms with E-state index in [1.54, 1.807) is 43.5 Å². The molecule has 0 heterocycles.